The molecule has 0 radical (unpaired) electrons. The molecular formula is C12H20N2O2. The van der Waals surface area contributed by atoms with Crippen LogP contribution in [0.2, 0.25) is 0 Å². The second-order valence-electron chi connectivity index (χ2n) is 4.44. The van der Waals surface area contributed by atoms with E-state index in [1.54, 1.807) is 0 Å². The molecule has 0 aromatic carbocycles. The number of morpholine rings is 1. The molecule has 2 heterocycles. The summed E-state index contributed by atoms with van der Waals surface area (Å²) < 4.78 is 5.32. The van der Waals surface area contributed by atoms with Crippen LogP contribution in [0, 0.1) is 0 Å². The highest BCUT2D eigenvalue weighted by atomic mass is 16.5. The Hall–Kier alpha value is -0.870. The third-order valence-electron chi connectivity index (χ3n) is 3.41. The number of rotatable bonds is 3. The van der Waals surface area contributed by atoms with Gasteiger partial charge in [-0.1, -0.05) is 6.58 Å². The predicted molar refractivity (Wildman–Crippen MR) is 62.2 cm³/mol. The maximum Gasteiger partial charge on any atom is 0.246 e. The van der Waals surface area contributed by atoms with E-state index in [9.17, 15) is 4.79 Å². The molecule has 2 saturated heterocycles. The Kier molecular flexibility index (Phi) is 3.96. The van der Waals surface area contributed by atoms with Crippen LogP contribution in [0.15, 0.2) is 12.7 Å². The smallest absolute Gasteiger partial charge is 0.246 e. The van der Waals surface area contributed by atoms with E-state index < -0.39 is 0 Å². The van der Waals surface area contributed by atoms with Crippen molar-refractivity contribution in [3.63, 3.8) is 0 Å². The van der Waals surface area contributed by atoms with Crippen LogP contribution in [-0.4, -0.2) is 61.1 Å². The Morgan fingerprint density at radius 2 is 2.12 bits per heavy atom. The zero-order valence-corrected chi connectivity index (χ0v) is 9.73. The van der Waals surface area contributed by atoms with E-state index in [0.717, 1.165) is 52.2 Å². The number of amides is 1. The molecule has 0 N–H and O–H groups in total. The fourth-order valence-electron chi connectivity index (χ4n) is 2.51. The number of hydrogen-bond donors (Lipinski definition) is 0. The molecule has 4 heteroatoms. The third kappa shape index (κ3) is 2.62. The number of carbonyl (C=O) groups is 1. The summed E-state index contributed by atoms with van der Waals surface area (Å²) in [5.74, 6) is 0.0794. The van der Waals surface area contributed by atoms with Crippen molar-refractivity contribution in [3.05, 3.63) is 12.7 Å². The molecule has 4 nitrogen and oxygen atoms in total. The number of likely N-dealkylation sites (tertiary alicyclic amines) is 1. The summed E-state index contributed by atoms with van der Waals surface area (Å²) in [6, 6.07) is 0.378. The SMILES string of the molecule is C=CC(=O)N1CCC[C@H]1CN1CCOCC1. The van der Waals surface area contributed by atoms with Gasteiger partial charge < -0.3 is 9.64 Å². The lowest BCUT2D eigenvalue weighted by molar-refractivity contribution is -0.127. The monoisotopic (exact) mass is 224 g/mol. The van der Waals surface area contributed by atoms with Crippen LogP contribution in [0.4, 0.5) is 0 Å². The predicted octanol–water partition coefficient (Wildman–Crippen LogP) is 0.496. The van der Waals surface area contributed by atoms with E-state index in [1.807, 2.05) is 4.90 Å². The normalized spacial score (nSPS) is 27.0. The molecule has 2 fully saturated rings. The van der Waals surface area contributed by atoms with E-state index in [-0.39, 0.29) is 5.91 Å². The molecule has 1 amide bonds. The van der Waals surface area contributed by atoms with Gasteiger partial charge in [-0.15, -0.1) is 0 Å². The maximum atomic E-state index is 11.6. The first-order valence-corrected chi connectivity index (χ1v) is 6.04. The zero-order chi connectivity index (χ0) is 11.4. The summed E-state index contributed by atoms with van der Waals surface area (Å²) in [7, 11) is 0. The van der Waals surface area contributed by atoms with E-state index >= 15 is 0 Å². The first kappa shape index (κ1) is 11.6. The minimum Gasteiger partial charge on any atom is -0.379 e. The van der Waals surface area contributed by atoms with E-state index in [2.05, 4.69) is 11.5 Å². The summed E-state index contributed by atoms with van der Waals surface area (Å²) in [4.78, 5) is 16.0. The fraction of sp³-hybridized carbons (Fsp3) is 0.750. The van der Waals surface area contributed by atoms with Gasteiger partial charge in [0.25, 0.3) is 0 Å². The highest BCUT2D eigenvalue weighted by molar-refractivity contribution is 5.87. The van der Waals surface area contributed by atoms with Gasteiger partial charge in [-0.05, 0) is 18.9 Å². The molecular weight excluding hydrogens is 204 g/mol. The van der Waals surface area contributed by atoms with Crippen LogP contribution >= 0.6 is 0 Å². The molecule has 0 aromatic heterocycles. The summed E-state index contributed by atoms with van der Waals surface area (Å²) in [5, 5.41) is 0. The molecule has 2 aliphatic heterocycles. The summed E-state index contributed by atoms with van der Waals surface area (Å²) >= 11 is 0. The number of nitrogens with zero attached hydrogens (tertiary/aromatic N) is 2. The average molecular weight is 224 g/mol. The lowest BCUT2D eigenvalue weighted by Gasteiger charge is -2.32. The molecule has 2 rings (SSSR count). The van der Waals surface area contributed by atoms with Crippen LogP contribution in [0.5, 0.6) is 0 Å². The maximum absolute atomic E-state index is 11.6. The molecule has 1 atom stereocenters. The van der Waals surface area contributed by atoms with E-state index in [0.29, 0.717) is 6.04 Å². The van der Waals surface area contributed by atoms with Crippen LogP contribution in [0.25, 0.3) is 0 Å². The average Bonchev–Trinajstić information content (AvgIpc) is 2.77. The van der Waals surface area contributed by atoms with Gasteiger partial charge in [-0.25, -0.2) is 0 Å². The third-order valence-corrected chi connectivity index (χ3v) is 3.41. The van der Waals surface area contributed by atoms with Crippen molar-refractivity contribution in [3.8, 4) is 0 Å². The van der Waals surface area contributed by atoms with Crippen molar-refractivity contribution in [2.24, 2.45) is 0 Å². The lowest BCUT2D eigenvalue weighted by Crippen LogP contribution is -2.46. The number of ether oxygens (including phenoxy) is 1. The van der Waals surface area contributed by atoms with Gasteiger partial charge in [-0.2, -0.15) is 0 Å². The van der Waals surface area contributed by atoms with Crippen LogP contribution in [0.1, 0.15) is 12.8 Å². The molecule has 0 aliphatic carbocycles. The molecule has 0 saturated carbocycles. The van der Waals surface area contributed by atoms with Gasteiger partial charge in [0.2, 0.25) is 5.91 Å². The van der Waals surface area contributed by atoms with Gasteiger partial charge in [0.15, 0.2) is 0 Å². The molecule has 0 aromatic rings. The molecule has 0 unspecified atom stereocenters. The second kappa shape index (κ2) is 5.46. The Balaban J connectivity index is 1.87. The molecule has 16 heavy (non-hydrogen) atoms. The largest absolute Gasteiger partial charge is 0.379 e. The van der Waals surface area contributed by atoms with Crippen molar-refractivity contribution in [2.45, 2.75) is 18.9 Å². The number of carbonyl (C=O) groups excluding carboxylic acids is 1. The van der Waals surface area contributed by atoms with Crippen molar-refractivity contribution in [1.82, 2.24) is 9.80 Å². The highest BCUT2D eigenvalue weighted by Gasteiger charge is 2.29. The first-order valence-electron chi connectivity index (χ1n) is 6.04. The Labute approximate surface area is 96.8 Å². The Morgan fingerprint density at radius 1 is 1.38 bits per heavy atom. The zero-order valence-electron chi connectivity index (χ0n) is 9.73. The lowest BCUT2D eigenvalue weighted by atomic mass is 10.2. The molecule has 2 aliphatic rings. The van der Waals surface area contributed by atoms with Gasteiger partial charge in [0.05, 0.1) is 13.2 Å². The molecule has 0 spiro atoms. The minimum absolute atomic E-state index is 0.0794. The van der Waals surface area contributed by atoms with E-state index in [1.165, 1.54) is 6.08 Å². The molecule has 0 bridgehead atoms. The minimum atomic E-state index is 0.0794. The first-order chi connectivity index (χ1) is 7.81. The van der Waals surface area contributed by atoms with Gasteiger partial charge >= 0.3 is 0 Å². The molecule has 90 valence electrons. The van der Waals surface area contributed by atoms with Gasteiger partial charge in [0, 0.05) is 32.2 Å². The van der Waals surface area contributed by atoms with Gasteiger partial charge in [-0.3, -0.25) is 9.69 Å². The topological polar surface area (TPSA) is 32.8 Å². The van der Waals surface area contributed by atoms with Crippen molar-refractivity contribution < 1.29 is 9.53 Å². The summed E-state index contributed by atoms with van der Waals surface area (Å²) in [5.41, 5.74) is 0. The van der Waals surface area contributed by atoms with Crippen molar-refractivity contribution >= 4 is 5.91 Å². The second-order valence-corrected chi connectivity index (χ2v) is 4.44. The van der Waals surface area contributed by atoms with E-state index in [4.69, 9.17) is 4.74 Å². The highest BCUT2D eigenvalue weighted by Crippen LogP contribution is 2.19. The van der Waals surface area contributed by atoms with Crippen LogP contribution in [-0.2, 0) is 9.53 Å². The van der Waals surface area contributed by atoms with Crippen molar-refractivity contribution in [2.75, 3.05) is 39.4 Å². The quantitative estimate of drug-likeness (QED) is 0.654. The fourth-order valence-corrected chi connectivity index (χ4v) is 2.51. The van der Waals surface area contributed by atoms with Gasteiger partial charge in [0.1, 0.15) is 0 Å². The number of hydrogen-bond acceptors (Lipinski definition) is 3. The summed E-state index contributed by atoms with van der Waals surface area (Å²) in [6.45, 7) is 9.07. The standard InChI is InChI=1S/C12H20N2O2/c1-2-12(15)14-5-3-4-11(14)10-13-6-8-16-9-7-13/h2,11H,1,3-10H2/t11-/m0/s1. The van der Waals surface area contributed by atoms with Crippen LogP contribution < -0.4 is 0 Å². The van der Waals surface area contributed by atoms with Crippen molar-refractivity contribution in [1.29, 1.82) is 0 Å². The Morgan fingerprint density at radius 3 is 2.81 bits per heavy atom. The van der Waals surface area contributed by atoms with Crippen LogP contribution in [0.3, 0.4) is 0 Å². The summed E-state index contributed by atoms with van der Waals surface area (Å²) in [6.07, 6.45) is 3.67. The Bertz CT molecular complexity index is 262.